The molecule has 0 aromatic heterocycles. The van der Waals surface area contributed by atoms with Gasteiger partial charge in [0.05, 0.1) is 0 Å². The molecule has 0 N–H and O–H groups in total. The van der Waals surface area contributed by atoms with Gasteiger partial charge in [0.1, 0.15) is 0 Å². The van der Waals surface area contributed by atoms with Crippen LogP contribution < -0.4 is 0 Å². The van der Waals surface area contributed by atoms with Crippen LogP contribution in [0.25, 0.3) is 11.1 Å². The summed E-state index contributed by atoms with van der Waals surface area (Å²) in [5, 5.41) is 0. The van der Waals surface area contributed by atoms with Gasteiger partial charge in [0.15, 0.2) is 0 Å². The van der Waals surface area contributed by atoms with Crippen LogP contribution in [0.1, 0.15) is 68.0 Å². The highest BCUT2D eigenvalue weighted by atomic mass is 14.1. The summed E-state index contributed by atoms with van der Waals surface area (Å²) in [6.07, 6.45) is 3.05. The topological polar surface area (TPSA) is 0 Å². The summed E-state index contributed by atoms with van der Waals surface area (Å²) < 4.78 is 0. The summed E-state index contributed by atoms with van der Waals surface area (Å²) in [6, 6.07) is 35.7. The Bertz CT molecular complexity index is 1040. The van der Waals surface area contributed by atoms with E-state index < -0.39 is 0 Å². The molecule has 0 spiro atoms. The molecule has 4 aromatic rings. The normalized spacial score (nSPS) is 9.88. The fourth-order valence-electron chi connectivity index (χ4n) is 3.70. The SMILES string of the molecule is CC.CC.CCc1ccc(-c2ccc(Cc3ccc(Cc4ccc(C)cc4)cc3)cc2)cc1. The van der Waals surface area contributed by atoms with Crippen molar-refractivity contribution >= 4 is 0 Å². The Morgan fingerprint density at radius 2 is 0.667 bits per heavy atom. The van der Waals surface area contributed by atoms with Crippen LogP contribution in [0.5, 0.6) is 0 Å². The standard InChI is InChI=1S/C29H28.2C2H6/c1-3-23-12-16-28(17-13-23)29-18-14-27(15-19-29)21-26-10-8-25(9-11-26)20-24-6-4-22(2)5-7-24;2*1-2/h4-19H,3,20-21H2,1-2H3;2*1-2H3. The van der Waals surface area contributed by atoms with E-state index in [0.29, 0.717) is 0 Å². The third-order valence-electron chi connectivity index (χ3n) is 5.61. The molecule has 0 aliphatic rings. The van der Waals surface area contributed by atoms with Crippen molar-refractivity contribution in [2.75, 3.05) is 0 Å². The Labute approximate surface area is 202 Å². The van der Waals surface area contributed by atoms with Crippen LogP contribution in [0.4, 0.5) is 0 Å². The average molecular weight is 437 g/mol. The van der Waals surface area contributed by atoms with Gasteiger partial charge in [-0.15, -0.1) is 0 Å². The first-order valence-electron chi connectivity index (χ1n) is 12.5. The summed E-state index contributed by atoms with van der Waals surface area (Å²) in [7, 11) is 0. The predicted octanol–water partition coefficient (Wildman–Crippen LogP) is 9.46. The maximum absolute atomic E-state index is 2.26. The van der Waals surface area contributed by atoms with E-state index in [1.54, 1.807) is 0 Å². The Kier molecular flexibility index (Phi) is 11.2. The zero-order valence-corrected chi connectivity index (χ0v) is 21.4. The van der Waals surface area contributed by atoms with Crippen molar-refractivity contribution in [1.82, 2.24) is 0 Å². The van der Waals surface area contributed by atoms with Gasteiger partial charge in [-0.25, -0.2) is 0 Å². The van der Waals surface area contributed by atoms with Crippen LogP contribution in [0.2, 0.25) is 0 Å². The van der Waals surface area contributed by atoms with E-state index >= 15 is 0 Å². The van der Waals surface area contributed by atoms with Gasteiger partial charge >= 0.3 is 0 Å². The van der Waals surface area contributed by atoms with Gasteiger partial charge in [0, 0.05) is 0 Å². The monoisotopic (exact) mass is 436 g/mol. The van der Waals surface area contributed by atoms with Crippen molar-refractivity contribution in [3.05, 3.63) is 130 Å². The van der Waals surface area contributed by atoms with Gasteiger partial charge in [-0.05, 0) is 65.1 Å². The maximum Gasteiger partial charge on any atom is -0.00258 e. The minimum atomic E-state index is 0.972. The van der Waals surface area contributed by atoms with E-state index in [-0.39, 0.29) is 0 Å². The fraction of sp³-hybridized carbons (Fsp3) is 0.273. The summed E-state index contributed by atoms with van der Waals surface area (Å²) in [6.45, 7) is 12.3. The van der Waals surface area contributed by atoms with E-state index in [1.807, 2.05) is 27.7 Å². The largest absolute Gasteiger partial charge is 0.0683 e. The van der Waals surface area contributed by atoms with Crippen molar-refractivity contribution in [2.24, 2.45) is 0 Å². The lowest BCUT2D eigenvalue weighted by Gasteiger charge is -2.07. The van der Waals surface area contributed by atoms with Gasteiger partial charge < -0.3 is 0 Å². The van der Waals surface area contributed by atoms with Crippen LogP contribution in [0.3, 0.4) is 0 Å². The number of hydrogen-bond donors (Lipinski definition) is 0. The zero-order chi connectivity index (χ0) is 24.1. The van der Waals surface area contributed by atoms with Crippen LogP contribution in [0.15, 0.2) is 97.1 Å². The first-order chi connectivity index (χ1) is 16.2. The Morgan fingerprint density at radius 1 is 0.394 bits per heavy atom. The Morgan fingerprint density at radius 3 is 1.00 bits per heavy atom. The highest BCUT2D eigenvalue weighted by molar-refractivity contribution is 5.64. The summed E-state index contributed by atoms with van der Waals surface area (Å²) in [5.41, 5.74) is 10.7. The van der Waals surface area contributed by atoms with Crippen molar-refractivity contribution in [3.8, 4) is 11.1 Å². The molecule has 172 valence electrons. The molecule has 0 saturated carbocycles. The van der Waals surface area contributed by atoms with E-state index in [4.69, 9.17) is 0 Å². The van der Waals surface area contributed by atoms with Crippen LogP contribution in [0, 0.1) is 6.92 Å². The molecule has 0 radical (unpaired) electrons. The van der Waals surface area contributed by atoms with Gasteiger partial charge in [-0.3, -0.25) is 0 Å². The van der Waals surface area contributed by atoms with Crippen LogP contribution in [-0.4, -0.2) is 0 Å². The molecule has 0 atom stereocenters. The van der Waals surface area contributed by atoms with Gasteiger partial charge in [-0.1, -0.05) is 137 Å². The van der Waals surface area contributed by atoms with Crippen molar-refractivity contribution in [1.29, 1.82) is 0 Å². The lowest BCUT2D eigenvalue weighted by molar-refractivity contribution is 1.14. The van der Waals surface area contributed by atoms with Crippen LogP contribution in [-0.2, 0) is 19.3 Å². The van der Waals surface area contributed by atoms with Gasteiger partial charge in [0.25, 0.3) is 0 Å². The molecule has 0 aliphatic carbocycles. The molecule has 33 heavy (non-hydrogen) atoms. The molecule has 0 amide bonds. The number of aryl methyl sites for hydroxylation is 2. The molecule has 4 aromatic carbocycles. The summed E-state index contributed by atoms with van der Waals surface area (Å²) in [5.74, 6) is 0. The molecule has 0 saturated heterocycles. The van der Waals surface area contributed by atoms with E-state index in [0.717, 1.165) is 19.3 Å². The third kappa shape index (κ3) is 8.06. The molecule has 0 fully saturated rings. The Hall–Kier alpha value is -3.12. The minimum Gasteiger partial charge on any atom is -0.0683 e. The molecular formula is C33H40. The number of benzene rings is 4. The lowest BCUT2D eigenvalue weighted by Crippen LogP contribution is -1.92. The van der Waals surface area contributed by atoms with Gasteiger partial charge in [0.2, 0.25) is 0 Å². The number of hydrogen-bond acceptors (Lipinski definition) is 0. The lowest BCUT2D eigenvalue weighted by atomic mass is 9.98. The first kappa shape index (κ1) is 26.1. The molecule has 0 heteroatoms. The minimum absolute atomic E-state index is 0.972. The number of rotatable bonds is 6. The third-order valence-corrected chi connectivity index (χ3v) is 5.61. The Balaban J connectivity index is 0.000000914. The maximum atomic E-state index is 2.26. The quantitative estimate of drug-likeness (QED) is 0.282. The van der Waals surface area contributed by atoms with Gasteiger partial charge in [-0.2, -0.15) is 0 Å². The second-order valence-corrected chi connectivity index (χ2v) is 7.90. The highest BCUT2D eigenvalue weighted by Gasteiger charge is 2.02. The molecule has 0 nitrogen and oxygen atoms in total. The molecule has 0 heterocycles. The molecular weight excluding hydrogens is 396 g/mol. The zero-order valence-electron chi connectivity index (χ0n) is 21.4. The fourth-order valence-corrected chi connectivity index (χ4v) is 3.70. The molecule has 0 aliphatic heterocycles. The summed E-state index contributed by atoms with van der Waals surface area (Å²) in [4.78, 5) is 0. The van der Waals surface area contributed by atoms with E-state index in [2.05, 4.69) is 111 Å². The van der Waals surface area contributed by atoms with Crippen molar-refractivity contribution in [2.45, 2.75) is 60.8 Å². The predicted molar refractivity (Wildman–Crippen MR) is 147 cm³/mol. The smallest absolute Gasteiger partial charge is 0.00258 e. The van der Waals surface area contributed by atoms with Crippen molar-refractivity contribution in [3.63, 3.8) is 0 Å². The second-order valence-electron chi connectivity index (χ2n) is 7.90. The van der Waals surface area contributed by atoms with Crippen LogP contribution >= 0.6 is 0 Å². The first-order valence-corrected chi connectivity index (χ1v) is 12.5. The van der Waals surface area contributed by atoms with E-state index in [1.165, 1.54) is 44.5 Å². The summed E-state index contributed by atoms with van der Waals surface area (Å²) >= 11 is 0. The second kappa shape index (κ2) is 14.1. The molecule has 0 unspecified atom stereocenters. The van der Waals surface area contributed by atoms with Crippen molar-refractivity contribution < 1.29 is 0 Å². The molecule has 0 bridgehead atoms. The van der Waals surface area contributed by atoms with E-state index in [9.17, 15) is 0 Å². The average Bonchev–Trinajstić information content (AvgIpc) is 2.89. The highest BCUT2D eigenvalue weighted by Crippen LogP contribution is 2.22. The molecule has 4 rings (SSSR count).